The summed E-state index contributed by atoms with van der Waals surface area (Å²) >= 11 is 5.95. The summed E-state index contributed by atoms with van der Waals surface area (Å²) in [4.78, 5) is 11.3. The van der Waals surface area contributed by atoms with Gasteiger partial charge in [-0.1, -0.05) is 29.8 Å². The topological polar surface area (TPSA) is 86.7 Å². The molecule has 22 heavy (non-hydrogen) atoms. The molecule has 2 aromatic carbocycles. The van der Waals surface area contributed by atoms with Gasteiger partial charge in [0.05, 0.1) is 5.69 Å². The fraction of sp³-hybridized carbons (Fsp3) is 0.0714. The molecule has 3 rings (SSSR count). The quantitative estimate of drug-likeness (QED) is 0.875. The molecule has 1 aliphatic heterocycles. The zero-order chi connectivity index (χ0) is 15.9. The maximum absolute atomic E-state index is 11.9. The third kappa shape index (κ3) is 2.60. The summed E-state index contributed by atoms with van der Waals surface area (Å²) in [6.07, 6.45) is 0. The fourth-order valence-electron chi connectivity index (χ4n) is 2.23. The van der Waals surface area contributed by atoms with Gasteiger partial charge in [-0.15, -0.1) is 0 Å². The lowest BCUT2D eigenvalue weighted by Crippen LogP contribution is -2.29. The van der Waals surface area contributed by atoms with Crippen LogP contribution in [0.1, 0.15) is 0 Å². The number of aromatic hydroxyl groups is 1. The first kappa shape index (κ1) is 14.7. The zero-order valence-electron chi connectivity index (χ0n) is 11.2. The molecule has 6 nitrogen and oxygen atoms in total. The highest BCUT2D eigenvalue weighted by Gasteiger charge is 2.35. The number of carbonyl (C=O) groups excluding carboxylic acids is 1. The Morgan fingerprint density at radius 2 is 1.86 bits per heavy atom. The van der Waals surface area contributed by atoms with E-state index in [-0.39, 0.29) is 18.0 Å². The van der Waals surface area contributed by atoms with Gasteiger partial charge < -0.3 is 5.11 Å². The molecule has 1 fully saturated rings. The SMILES string of the molecule is O=C1CN(c2cc(-c3cccc(Cl)c3)ccc2O)S(=O)(=O)N1. The van der Waals surface area contributed by atoms with Crippen LogP contribution >= 0.6 is 11.6 Å². The first-order valence-electron chi connectivity index (χ1n) is 6.29. The van der Waals surface area contributed by atoms with Crippen LogP contribution in [0.2, 0.25) is 5.02 Å². The molecule has 114 valence electrons. The standard InChI is InChI=1S/C14H11ClN2O4S/c15-11-3-1-2-9(6-11)10-4-5-13(18)12(7-10)17-8-14(19)16-22(17,20)21/h1-7,18H,8H2,(H,16,19). The number of carbonyl (C=O) groups is 1. The van der Waals surface area contributed by atoms with E-state index < -0.39 is 16.1 Å². The second-order valence-corrected chi connectivity index (χ2v) is 6.78. The van der Waals surface area contributed by atoms with Crippen LogP contribution in [0.3, 0.4) is 0 Å². The third-order valence-corrected chi connectivity index (χ3v) is 4.85. The summed E-state index contributed by atoms with van der Waals surface area (Å²) in [5.74, 6) is -0.876. The minimum absolute atomic E-state index is 0.0378. The van der Waals surface area contributed by atoms with Crippen molar-refractivity contribution >= 4 is 33.4 Å². The molecule has 2 aromatic rings. The summed E-state index contributed by atoms with van der Waals surface area (Å²) < 4.78 is 26.5. The number of benzene rings is 2. The van der Waals surface area contributed by atoms with E-state index in [1.54, 1.807) is 24.3 Å². The summed E-state index contributed by atoms with van der Waals surface area (Å²) in [6.45, 7) is -0.366. The van der Waals surface area contributed by atoms with E-state index in [1.807, 2.05) is 10.8 Å². The molecule has 1 heterocycles. The number of nitrogens with one attached hydrogen (secondary N) is 1. The number of rotatable bonds is 2. The lowest BCUT2D eigenvalue weighted by atomic mass is 10.0. The van der Waals surface area contributed by atoms with Crippen LogP contribution in [0.25, 0.3) is 11.1 Å². The van der Waals surface area contributed by atoms with E-state index in [4.69, 9.17) is 11.6 Å². The van der Waals surface area contributed by atoms with Crippen LogP contribution in [0.4, 0.5) is 5.69 Å². The molecule has 0 bridgehead atoms. The van der Waals surface area contributed by atoms with Crippen LogP contribution in [0.5, 0.6) is 5.75 Å². The molecule has 8 heteroatoms. The summed E-state index contributed by atoms with van der Waals surface area (Å²) in [5.41, 5.74) is 1.48. The molecule has 0 aromatic heterocycles. The third-order valence-electron chi connectivity index (χ3n) is 3.22. The summed E-state index contributed by atoms with van der Waals surface area (Å²) in [5, 5.41) is 10.5. The molecular formula is C14H11ClN2O4S. The zero-order valence-corrected chi connectivity index (χ0v) is 12.7. The number of phenolic OH excluding ortho intramolecular Hbond substituents is 1. The van der Waals surface area contributed by atoms with Gasteiger partial charge in [-0.25, -0.2) is 9.03 Å². The van der Waals surface area contributed by atoms with Crippen molar-refractivity contribution in [3.8, 4) is 16.9 Å². The second-order valence-electron chi connectivity index (χ2n) is 4.75. The highest BCUT2D eigenvalue weighted by molar-refractivity contribution is 7.92. The lowest BCUT2D eigenvalue weighted by Gasteiger charge is -2.17. The first-order chi connectivity index (χ1) is 10.4. The molecule has 0 unspecified atom stereocenters. The van der Waals surface area contributed by atoms with Gasteiger partial charge >= 0.3 is 10.2 Å². The molecule has 0 radical (unpaired) electrons. The maximum atomic E-state index is 11.9. The van der Waals surface area contributed by atoms with Gasteiger partial charge in [-0.2, -0.15) is 8.42 Å². The predicted molar refractivity (Wildman–Crippen MR) is 83.0 cm³/mol. The van der Waals surface area contributed by atoms with E-state index in [0.29, 0.717) is 10.6 Å². The van der Waals surface area contributed by atoms with Crippen molar-refractivity contribution in [1.29, 1.82) is 0 Å². The average Bonchev–Trinajstić information content (AvgIpc) is 2.72. The van der Waals surface area contributed by atoms with Crippen molar-refractivity contribution < 1.29 is 18.3 Å². The number of hydrogen-bond donors (Lipinski definition) is 2. The molecule has 0 saturated carbocycles. The lowest BCUT2D eigenvalue weighted by molar-refractivity contribution is -0.117. The molecule has 1 amide bonds. The van der Waals surface area contributed by atoms with Crippen molar-refractivity contribution in [2.24, 2.45) is 0 Å². The molecule has 0 spiro atoms. The van der Waals surface area contributed by atoms with Crippen LogP contribution in [-0.2, 0) is 15.0 Å². The van der Waals surface area contributed by atoms with E-state index >= 15 is 0 Å². The van der Waals surface area contributed by atoms with Crippen LogP contribution < -0.4 is 9.03 Å². The Balaban J connectivity index is 2.10. The fourth-order valence-corrected chi connectivity index (χ4v) is 3.58. The predicted octanol–water partition coefficient (Wildman–Crippen LogP) is 1.89. The van der Waals surface area contributed by atoms with Gasteiger partial charge in [0.2, 0.25) is 0 Å². The Morgan fingerprint density at radius 3 is 2.50 bits per heavy atom. The number of anilines is 1. The Kier molecular flexibility index (Phi) is 3.46. The Bertz CT molecular complexity index is 867. The minimum Gasteiger partial charge on any atom is -0.506 e. The van der Waals surface area contributed by atoms with Gasteiger partial charge in [0.1, 0.15) is 12.3 Å². The maximum Gasteiger partial charge on any atom is 0.326 e. The highest BCUT2D eigenvalue weighted by atomic mass is 35.5. The molecule has 0 atom stereocenters. The number of hydrogen-bond acceptors (Lipinski definition) is 4. The monoisotopic (exact) mass is 338 g/mol. The average molecular weight is 339 g/mol. The Hall–Kier alpha value is -2.25. The Morgan fingerprint density at radius 1 is 1.14 bits per heavy atom. The Labute approximate surface area is 132 Å². The normalized spacial score (nSPS) is 16.6. The van der Waals surface area contributed by atoms with Crippen molar-refractivity contribution in [1.82, 2.24) is 4.72 Å². The van der Waals surface area contributed by atoms with E-state index in [1.165, 1.54) is 12.1 Å². The van der Waals surface area contributed by atoms with Crippen molar-refractivity contribution in [2.75, 3.05) is 10.8 Å². The van der Waals surface area contributed by atoms with Crippen molar-refractivity contribution in [2.45, 2.75) is 0 Å². The minimum atomic E-state index is -3.97. The number of amides is 1. The second kappa shape index (κ2) is 5.19. The van der Waals surface area contributed by atoms with Gasteiger partial charge in [-0.3, -0.25) is 4.79 Å². The summed E-state index contributed by atoms with van der Waals surface area (Å²) in [7, 11) is -3.97. The molecule has 1 aliphatic rings. The van der Waals surface area contributed by atoms with Crippen LogP contribution in [-0.4, -0.2) is 26.0 Å². The summed E-state index contributed by atoms with van der Waals surface area (Å²) in [6, 6.07) is 11.5. The van der Waals surface area contributed by atoms with E-state index in [2.05, 4.69) is 0 Å². The van der Waals surface area contributed by atoms with Crippen LogP contribution in [0.15, 0.2) is 42.5 Å². The van der Waals surface area contributed by atoms with Gasteiger partial charge in [-0.05, 0) is 35.4 Å². The molecule has 0 aliphatic carbocycles. The van der Waals surface area contributed by atoms with E-state index in [9.17, 15) is 18.3 Å². The van der Waals surface area contributed by atoms with Crippen LogP contribution in [0, 0.1) is 0 Å². The smallest absolute Gasteiger partial charge is 0.326 e. The van der Waals surface area contributed by atoms with Gasteiger partial charge in [0, 0.05) is 5.02 Å². The number of phenols is 1. The molecular weight excluding hydrogens is 328 g/mol. The molecule has 2 N–H and O–H groups in total. The highest BCUT2D eigenvalue weighted by Crippen LogP contribution is 2.35. The first-order valence-corrected chi connectivity index (χ1v) is 8.11. The largest absolute Gasteiger partial charge is 0.506 e. The van der Waals surface area contributed by atoms with Gasteiger partial charge in [0.25, 0.3) is 5.91 Å². The molecule has 1 saturated heterocycles. The number of halogens is 1. The number of nitrogens with zero attached hydrogens (tertiary/aromatic N) is 1. The van der Waals surface area contributed by atoms with E-state index in [0.717, 1.165) is 9.87 Å². The van der Waals surface area contributed by atoms with Crippen molar-refractivity contribution in [3.63, 3.8) is 0 Å². The van der Waals surface area contributed by atoms with Crippen molar-refractivity contribution in [3.05, 3.63) is 47.5 Å². The van der Waals surface area contributed by atoms with Gasteiger partial charge in [0.15, 0.2) is 0 Å².